The van der Waals surface area contributed by atoms with Crippen LogP contribution in [0.15, 0.2) is 46.6 Å². The van der Waals surface area contributed by atoms with Crippen LogP contribution in [0.25, 0.3) is 22.0 Å². The van der Waals surface area contributed by atoms with E-state index in [1.807, 2.05) is 0 Å². The highest BCUT2D eigenvalue weighted by atomic mass is 32.1. The minimum Gasteiger partial charge on any atom is -0.467 e. The van der Waals surface area contributed by atoms with Crippen molar-refractivity contribution >= 4 is 29.0 Å². The van der Waals surface area contributed by atoms with Crippen LogP contribution in [0.2, 0.25) is 0 Å². The standard InChI is InChI=1S/C19H16N4O5S/c1-27-18(25)14-15(19(26)28-2)23-16(10-6-3-4-7-11(10)20-14)21-17(24)13(22-23)12-8-5-9-29-12/h3-9,14-15,20H,1-2H3/t14-,15+/m0/s1. The summed E-state index contributed by atoms with van der Waals surface area (Å²) in [5.41, 5.74) is 0.588. The number of hydrogen-bond acceptors (Lipinski definition) is 9. The Morgan fingerprint density at radius 3 is 2.55 bits per heavy atom. The fraction of sp³-hybridized carbons (Fsp3) is 0.211. The molecule has 9 nitrogen and oxygen atoms in total. The number of benzene rings is 1. The van der Waals surface area contributed by atoms with Crippen molar-refractivity contribution in [1.29, 1.82) is 0 Å². The fourth-order valence-electron chi connectivity index (χ4n) is 3.21. The van der Waals surface area contributed by atoms with Gasteiger partial charge in [-0.1, -0.05) is 18.2 Å². The largest absolute Gasteiger partial charge is 0.467 e. The molecule has 0 amide bonds. The first-order chi connectivity index (χ1) is 14.0. The second-order valence-electron chi connectivity index (χ2n) is 6.17. The summed E-state index contributed by atoms with van der Waals surface area (Å²) in [5, 5.41) is 9.26. The molecule has 0 saturated carbocycles. The maximum absolute atomic E-state index is 12.7. The van der Waals surface area contributed by atoms with Gasteiger partial charge in [0.15, 0.2) is 23.6 Å². The average molecular weight is 412 g/mol. The van der Waals surface area contributed by atoms with E-state index in [1.54, 1.807) is 41.8 Å². The molecule has 148 valence electrons. The van der Waals surface area contributed by atoms with Crippen LogP contribution in [0.4, 0.5) is 5.69 Å². The Kier molecular flexibility index (Phi) is 4.85. The summed E-state index contributed by atoms with van der Waals surface area (Å²) in [6, 6.07) is 8.10. The number of aromatic nitrogens is 3. The summed E-state index contributed by atoms with van der Waals surface area (Å²) in [6.07, 6.45) is 0. The van der Waals surface area contributed by atoms with E-state index >= 15 is 0 Å². The molecule has 2 aromatic heterocycles. The van der Waals surface area contributed by atoms with Crippen molar-refractivity contribution in [2.75, 3.05) is 19.5 Å². The first-order valence-electron chi connectivity index (χ1n) is 8.61. The molecule has 1 aliphatic heterocycles. The molecule has 3 heterocycles. The summed E-state index contributed by atoms with van der Waals surface area (Å²) in [4.78, 5) is 42.8. The normalized spacial score (nSPS) is 17.3. The second kappa shape index (κ2) is 7.47. The summed E-state index contributed by atoms with van der Waals surface area (Å²) in [5.74, 6) is -1.25. The zero-order valence-electron chi connectivity index (χ0n) is 15.5. The number of anilines is 1. The van der Waals surface area contributed by atoms with Crippen LogP contribution in [-0.2, 0) is 19.1 Å². The van der Waals surface area contributed by atoms with Crippen LogP contribution >= 0.6 is 11.3 Å². The molecule has 1 N–H and O–H groups in total. The molecule has 0 saturated heterocycles. The highest BCUT2D eigenvalue weighted by Gasteiger charge is 2.42. The predicted molar refractivity (Wildman–Crippen MR) is 106 cm³/mol. The van der Waals surface area contributed by atoms with E-state index in [-0.39, 0.29) is 11.5 Å². The van der Waals surface area contributed by atoms with Gasteiger partial charge < -0.3 is 14.8 Å². The maximum Gasteiger partial charge on any atom is 0.333 e. The predicted octanol–water partition coefficient (Wildman–Crippen LogP) is 1.71. The third-order valence-corrected chi connectivity index (χ3v) is 5.42. The van der Waals surface area contributed by atoms with Crippen molar-refractivity contribution in [3.8, 4) is 22.0 Å². The number of nitrogens with zero attached hydrogens (tertiary/aromatic N) is 3. The zero-order chi connectivity index (χ0) is 20.5. The van der Waals surface area contributed by atoms with Crippen LogP contribution in [0.1, 0.15) is 6.04 Å². The molecule has 0 radical (unpaired) electrons. The SMILES string of the molecule is COC(=O)[C@H]1Nc2ccccc2-c2nc(=O)c(-c3cccs3)nn2[C@H]1C(=O)OC. The van der Waals surface area contributed by atoms with Crippen molar-refractivity contribution in [2.24, 2.45) is 0 Å². The molecular formula is C19H16N4O5S. The Morgan fingerprint density at radius 1 is 1.10 bits per heavy atom. The van der Waals surface area contributed by atoms with E-state index in [1.165, 1.54) is 30.2 Å². The highest BCUT2D eigenvalue weighted by Crippen LogP contribution is 2.34. The number of methoxy groups -OCH3 is 2. The molecule has 29 heavy (non-hydrogen) atoms. The molecule has 1 aliphatic rings. The van der Waals surface area contributed by atoms with Crippen molar-refractivity contribution in [1.82, 2.24) is 14.8 Å². The highest BCUT2D eigenvalue weighted by molar-refractivity contribution is 7.13. The summed E-state index contributed by atoms with van der Waals surface area (Å²) >= 11 is 1.32. The molecule has 0 unspecified atom stereocenters. The topological polar surface area (TPSA) is 112 Å². The molecule has 0 fully saturated rings. The lowest BCUT2D eigenvalue weighted by molar-refractivity contribution is -0.152. The summed E-state index contributed by atoms with van der Waals surface area (Å²) < 4.78 is 11.1. The number of nitrogens with one attached hydrogen (secondary N) is 1. The van der Waals surface area contributed by atoms with Crippen LogP contribution in [0, 0.1) is 0 Å². The van der Waals surface area contributed by atoms with E-state index in [0.717, 1.165) is 0 Å². The van der Waals surface area contributed by atoms with E-state index < -0.39 is 29.6 Å². The molecule has 0 aliphatic carbocycles. The Hall–Kier alpha value is -3.53. The van der Waals surface area contributed by atoms with E-state index in [4.69, 9.17) is 9.47 Å². The van der Waals surface area contributed by atoms with Crippen LogP contribution in [0.5, 0.6) is 0 Å². The third kappa shape index (κ3) is 3.17. The van der Waals surface area contributed by atoms with E-state index in [9.17, 15) is 14.4 Å². The molecule has 3 aromatic rings. The number of hydrogen-bond donors (Lipinski definition) is 1. The van der Waals surface area contributed by atoms with Gasteiger partial charge in [-0.2, -0.15) is 10.1 Å². The number of ether oxygens (including phenoxy) is 2. The summed E-state index contributed by atoms with van der Waals surface area (Å²) in [6.45, 7) is 0. The minimum atomic E-state index is -1.23. The smallest absolute Gasteiger partial charge is 0.333 e. The average Bonchev–Trinajstić information content (AvgIpc) is 3.23. The lowest BCUT2D eigenvalue weighted by atomic mass is 10.1. The maximum atomic E-state index is 12.7. The van der Waals surface area contributed by atoms with Gasteiger partial charge in [0.05, 0.1) is 19.1 Å². The zero-order valence-corrected chi connectivity index (χ0v) is 16.3. The lowest BCUT2D eigenvalue weighted by Gasteiger charge is -2.24. The number of para-hydroxylation sites is 1. The molecule has 0 bridgehead atoms. The van der Waals surface area contributed by atoms with Gasteiger partial charge in [0.25, 0.3) is 0 Å². The second-order valence-corrected chi connectivity index (χ2v) is 7.12. The number of carbonyl (C=O) groups excluding carboxylic acids is 2. The minimum absolute atomic E-state index is 0.0839. The van der Waals surface area contributed by atoms with E-state index in [0.29, 0.717) is 16.1 Å². The number of thiophene rings is 1. The Bertz CT molecular complexity index is 1140. The van der Waals surface area contributed by atoms with Crippen molar-refractivity contribution in [2.45, 2.75) is 12.1 Å². The molecule has 4 rings (SSSR count). The fourth-order valence-corrected chi connectivity index (χ4v) is 3.91. The van der Waals surface area contributed by atoms with Gasteiger partial charge in [0.2, 0.25) is 0 Å². The molecule has 0 spiro atoms. The Morgan fingerprint density at radius 2 is 1.86 bits per heavy atom. The van der Waals surface area contributed by atoms with Crippen molar-refractivity contribution in [3.63, 3.8) is 0 Å². The van der Waals surface area contributed by atoms with Crippen molar-refractivity contribution in [3.05, 3.63) is 52.1 Å². The first-order valence-corrected chi connectivity index (χ1v) is 9.49. The molecule has 10 heteroatoms. The van der Waals surface area contributed by atoms with Crippen LogP contribution in [-0.4, -0.2) is 47.0 Å². The first kappa shape index (κ1) is 18.8. The van der Waals surface area contributed by atoms with Gasteiger partial charge >= 0.3 is 17.5 Å². The van der Waals surface area contributed by atoms with Crippen LogP contribution < -0.4 is 10.9 Å². The number of rotatable bonds is 3. The Balaban J connectivity index is 2.05. The molecule has 1 aromatic carbocycles. The number of fused-ring (bicyclic) bond motifs is 3. The van der Waals surface area contributed by atoms with E-state index in [2.05, 4.69) is 15.4 Å². The number of carbonyl (C=O) groups is 2. The van der Waals surface area contributed by atoms with Crippen molar-refractivity contribution < 1.29 is 19.1 Å². The van der Waals surface area contributed by atoms with Gasteiger partial charge in [-0.05, 0) is 23.6 Å². The van der Waals surface area contributed by atoms with Gasteiger partial charge in [0.1, 0.15) is 0 Å². The summed E-state index contributed by atoms with van der Waals surface area (Å²) in [7, 11) is 2.44. The molecular weight excluding hydrogens is 396 g/mol. The third-order valence-electron chi connectivity index (χ3n) is 4.55. The number of esters is 2. The van der Waals surface area contributed by atoms with Gasteiger partial charge in [-0.3, -0.25) is 4.79 Å². The van der Waals surface area contributed by atoms with Gasteiger partial charge in [-0.15, -0.1) is 11.3 Å². The Labute approximate surface area is 168 Å². The van der Waals surface area contributed by atoms with Gasteiger partial charge in [-0.25, -0.2) is 14.3 Å². The quantitative estimate of drug-likeness (QED) is 0.647. The van der Waals surface area contributed by atoms with Crippen LogP contribution in [0.3, 0.4) is 0 Å². The lowest BCUT2D eigenvalue weighted by Crippen LogP contribution is -2.44. The van der Waals surface area contributed by atoms with Gasteiger partial charge in [0, 0.05) is 11.3 Å². The monoisotopic (exact) mass is 412 g/mol. The molecule has 2 atom stereocenters.